The maximum atomic E-state index is 5.75. The van der Waals surface area contributed by atoms with E-state index in [0.717, 1.165) is 19.3 Å². The van der Waals surface area contributed by atoms with E-state index in [4.69, 9.17) is 11.5 Å². The molecule has 0 aromatic carbocycles. The van der Waals surface area contributed by atoms with Crippen molar-refractivity contribution in [2.75, 3.05) is 6.54 Å². The van der Waals surface area contributed by atoms with E-state index >= 15 is 0 Å². The average molecular weight is 170 g/mol. The molecule has 0 bridgehead atoms. The van der Waals surface area contributed by atoms with Crippen molar-refractivity contribution in [2.24, 2.45) is 11.5 Å². The lowest BCUT2D eigenvalue weighted by molar-refractivity contribution is 0.566. The second-order valence-electron chi connectivity index (χ2n) is 2.66. The third-order valence-corrected chi connectivity index (χ3v) is 1.66. The summed E-state index contributed by atoms with van der Waals surface area (Å²) in [6, 6.07) is -0.115. The highest BCUT2D eigenvalue weighted by molar-refractivity contribution is 4.85. The minimum Gasteiger partial charge on any atom is -0.330 e. The first kappa shape index (κ1) is 9.08. The Bertz CT molecular complexity index is 196. The lowest BCUT2D eigenvalue weighted by atomic mass is 10.1. The fourth-order valence-electron chi connectivity index (χ4n) is 0.964. The molecule has 6 nitrogen and oxygen atoms in total. The molecule has 0 aliphatic rings. The summed E-state index contributed by atoms with van der Waals surface area (Å²) in [4.78, 5) is 0. The van der Waals surface area contributed by atoms with E-state index in [1.807, 2.05) is 0 Å². The van der Waals surface area contributed by atoms with E-state index in [9.17, 15) is 0 Å². The highest BCUT2D eigenvalue weighted by Gasteiger charge is 2.09. The van der Waals surface area contributed by atoms with Gasteiger partial charge in [-0.1, -0.05) is 11.6 Å². The third-order valence-electron chi connectivity index (χ3n) is 1.66. The van der Waals surface area contributed by atoms with E-state index in [-0.39, 0.29) is 6.04 Å². The maximum absolute atomic E-state index is 5.75. The molecule has 12 heavy (non-hydrogen) atoms. The SMILES string of the molecule is NCCCC[C@H](N)c1nn[nH]n1. The second kappa shape index (κ2) is 4.78. The summed E-state index contributed by atoms with van der Waals surface area (Å²) in [5.41, 5.74) is 11.1. The first-order valence-electron chi connectivity index (χ1n) is 4.03. The lowest BCUT2D eigenvalue weighted by Crippen LogP contribution is -2.12. The molecule has 0 fully saturated rings. The third kappa shape index (κ3) is 2.55. The monoisotopic (exact) mass is 170 g/mol. The van der Waals surface area contributed by atoms with Gasteiger partial charge in [0.25, 0.3) is 0 Å². The van der Waals surface area contributed by atoms with Crippen molar-refractivity contribution in [3.05, 3.63) is 5.82 Å². The second-order valence-corrected chi connectivity index (χ2v) is 2.66. The van der Waals surface area contributed by atoms with Crippen molar-refractivity contribution < 1.29 is 0 Å². The number of nitrogens with zero attached hydrogens (tertiary/aromatic N) is 3. The minimum atomic E-state index is -0.115. The Hall–Kier alpha value is -1.01. The van der Waals surface area contributed by atoms with Crippen LogP contribution in [0.1, 0.15) is 31.1 Å². The Morgan fingerprint density at radius 1 is 1.42 bits per heavy atom. The summed E-state index contributed by atoms with van der Waals surface area (Å²) < 4.78 is 0. The van der Waals surface area contributed by atoms with Crippen molar-refractivity contribution in [1.82, 2.24) is 20.6 Å². The first-order chi connectivity index (χ1) is 5.84. The zero-order valence-electron chi connectivity index (χ0n) is 6.90. The molecule has 1 heterocycles. The number of aromatic nitrogens is 4. The fraction of sp³-hybridized carbons (Fsp3) is 0.833. The number of nitrogens with two attached hydrogens (primary N) is 2. The summed E-state index contributed by atoms with van der Waals surface area (Å²) in [5.74, 6) is 0.576. The van der Waals surface area contributed by atoms with Gasteiger partial charge in [0.05, 0.1) is 6.04 Å². The van der Waals surface area contributed by atoms with Gasteiger partial charge in [-0.05, 0) is 19.4 Å². The van der Waals surface area contributed by atoms with E-state index in [1.54, 1.807) is 0 Å². The molecule has 1 aromatic heterocycles. The quantitative estimate of drug-likeness (QED) is 0.508. The van der Waals surface area contributed by atoms with Crippen LogP contribution in [0.4, 0.5) is 0 Å². The van der Waals surface area contributed by atoms with Crippen LogP contribution in [0, 0.1) is 0 Å². The molecule has 1 atom stereocenters. The topological polar surface area (TPSA) is 107 Å². The van der Waals surface area contributed by atoms with Crippen LogP contribution in [0.25, 0.3) is 0 Å². The summed E-state index contributed by atoms with van der Waals surface area (Å²) in [5, 5.41) is 13.4. The van der Waals surface area contributed by atoms with Gasteiger partial charge in [-0.25, -0.2) is 0 Å². The zero-order valence-corrected chi connectivity index (χ0v) is 6.90. The van der Waals surface area contributed by atoms with Gasteiger partial charge >= 0.3 is 0 Å². The molecule has 0 radical (unpaired) electrons. The average Bonchev–Trinajstić information content (AvgIpc) is 2.56. The summed E-state index contributed by atoms with van der Waals surface area (Å²) in [6.45, 7) is 0.707. The molecule has 1 rings (SSSR count). The number of tetrazole rings is 1. The maximum Gasteiger partial charge on any atom is 0.191 e. The predicted octanol–water partition coefficient (Wildman–Crippen LogP) is -0.671. The number of hydrogen-bond acceptors (Lipinski definition) is 5. The smallest absolute Gasteiger partial charge is 0.191 e. The molecule has 0 aliphatic carbocycles. The molecular formula is C6H14N6. The van der Waals surface area contributed by atoms with Crippen molar-refractivity contribution in [3.8, 4) is 0 Å². The van der Waals surface area contributed by atoms with Crippen molar-refractivity contribution in [1.29, 1.82) is 0 Å². The number of nitrogens with one attached hydrogen (secondary N) is 1. The molecule has 0 spiro atoms. The number of rotatable bonds is 5. The van der Waals surface area contributed by atoms with Crippen molar-refractivity contribution in [2.45, 2.75) is 25.3 Å². The van der Waals surface area contributed by atoms with Crippen LogP contribution in [-0.4, -0.2) is 27.2 Å². The van der Waals surface area contributed by atoms with Crippen molar-refractivity contribution >= 4 is 0 Å². The number of unbranched alkanes of at least 4 members (excludes halogenated alkanes) is 1. The Labute approximate surface area is 70.7 Å². The molecule has 6 heteroatoms. The fourth-order valence-corrected chi connectivity index (χ4v) is 0.964. The molecule has 0 unspecified atom stereocenters. The van der Waals surface area contributed by atoms with Crippen LogP contribution in [0.15, 0.2) is 0 Å². The molecule has 0 saturated carbocycles. The molecular weight excluding hydrogens is 156 g/mol. The van der Waals surface area contributed by atoms with Gasteiger partial charge in [0, 0.05) is 0 Å². The van der Waals surface area contributed by atoms with Crippen LogP contribution in [-0.2, 0) is 0 Å². The van der Waals surface area contributed by atoms with Crippen LogP contribution in [0.3, 0.4) is 0 Å². The number of hydrogen-bond donors (Lipinski definition) is 3. The molecule has 1 aromatic rings. The van der Waals surface area contributed by atoms with Crippen LogP contribution < -0.4 is 11.5 Å². The molecule has 5 N–H and O–H groups in total. The van der Waals surface area contributed by atoms with Crippen molar-refractivity contribution in [3.63, 3.8) is 0 Å². The lowest BCUT2D eigenvalue weighted by Gasteiger charge is -2.04. The van der Waals surface area contributed by atoms with Gasteiger partial charge in [0.15, 0.2) is 5.82 Å². The van der Waals surface area contributed by atoms with Gasteiger partial charge < -0.3 is 11.5 Å². The van der Waals surface area contributed by atoms with E-state index in [0.29, 0.717) is 12.4 Å². The standard InChI is InChI=1S/C6H14N6/c7-4-2-1-3-5(8)6-9-11-12-10-6/h5H,1-4,7-8H2,(H,9,10,11,12)/t5-/m0/s1. The van der Waals surface area contributed by atoms with Gasteiger partial charge in [-0.15, -0.1) is 10.2 Å². The summed E-state index contributed by atoms with van der Waals surface area (Å²) >= 11 is 0. The number of aromatic amines is 1. The molecule has 0 saturated heterocycles. The largest absolute Gasteiger partial charge is 0.330 e. The Morgan fingerprint density at radius 2 is 2.25 bits per heavy atom. The molecule has 0 aliphatic heterocycles. The molecule has 0 amide bonds. The Balaban J connectivity index is 2.25. The van der Waals surface area contributed by atoms with Gasteiger partial charge in [-0.3, -0.25) is 0 Å². The van der Waals surface area contributed by atoms with E-state index in [1.165, 1.54) is 0 Å². The highest BCUT2D eigenvalue weighted by atomic mass is 15.5. The Kier molecular flexibility index (Phi) is 3.62. The van der Waals surface area contributed by atoms with Gasteiger partial charge in [-0.2, -0.15) is 5.21 Å². The van der Waals surface area contributed by atoms with Crippen LogP contribution in [0.2, 0.25) is 0 Å². The molecule has 68 valence electrons. The number of H-pyrrole nitrogens is 1. The summed E-state index contributed by atoms with van der Waals surface area (Å²) in [7, 11) is 0. The van der Waals surface area contributed by atoms with Crippen LogP contribution in [0.5, 0.6) is 0 Å². The van der Waals surface area contributed by atoms with E-state index in [2.05, 4.69) is 20.6 Å². The Morgan fingerprint density at radius 3 is 2.83 bits per heavy atom. The summed E-state index contributed by atoms with van der Waals surface area (Å²) in [6.07, 6.45) is 2.86. The minimum absolute atomic E-state index is 0.115. The normalized spacial score (nSPS) is 13.2. The van der Waals surface area contributed by atoms with Gasteiger partial charge in [0.2, 0.25) is 0 Å². The van der Waals surface area contributed by atoms with Gasteiger partial charge in [0.1, 0.15) is 0 Å². The first-order valence-corrected chi connectivity index (χ1v) is 4.03. The highest BCUT2D eigenvalue weighted by Crippen LogP contribution is 2.10. The zero-order chi connectivity index (χ0) is 8.81. The van der Waals surface area contributed by atoms with Crippen LogP contribution >= 0.6 is 0 Å². The predicted molar refractivity (Wildman–Crippen MR) is 44.0 cm³/mol. The van der Waals surface area contributed by atoms with E-state index < -0.39 is 0 Å².